The van der Waals surface area contributed by atoms with Crippen molar-refractivity contribution in [3.8, 4) is 0 Å². The maximum atomic E-state index is 4.91. The molecule has 0 unspecified atom stereocenters. The normalized spacial score (nSPS) is 11.4. The molecule has 2 N–H and O–H groups in total. The summed E-state index contributed by atoms with van der Waals surface area (Å²) in [4.78, 5) is 4.91. The number of anilines is 2. The van der Waals surface area contributed by atoms with Gasteiger partial charge in [0.25, 0.3) is 0 Å². The first-order chi connectivity index (χ1) is 12.9. The minimum Gasteiger partial charge on any atom is -0.364 e. The molecule has 0 fully saturated rings. The molecule has 4 heteroatoms. The summed E-state index contributed by atoms with van der Waals surface area (Å²) >= 11 is 0. The van der Waals surface area contributed by atoms with Crippen LogP contribution in [0.1, 0.15) is 37.7 Å². The van der Waals surface area contributed by atoms with E-state index in [1.807, 2.05) is 12.1 Å². The van der Waals surface area contributed by atoms with Gasteiger partial charge in [0.05, 0.1) is 0 Å². The van der Waals surface area contributed by atoms with Crippen LogP contribution in [-0.4, -0.2) is 9.55 Å². The third-order valence-electron chi connectivity index (χ3n) is 4.48. The first-order valence-electron chi connectivity index (χ1n) is 9.53. The van der Waals surface area contributed by atoms with E-state index in [4.69, 9.17) is 4.98 Å². The molecule has 3 aromatic rings. The number of aromatic nitrogens is 2. The van der Waals surface area contributed by atoms with Gasteiger partial charge in [-0.15, -0.1) is 0 Å². The maximum Gasteiger partial charge on any atom is 0.169 e. The van der Waals surface area contributed by atoms with Crippen molar-refractivity contribution in [1.82, 2.24) is 9.55 Å². The lowest BCUT2D eigenvalue weighted by molar-refractivity contribution is 0.396. The Morgan fingerprint density at radius 1 is 0.815 bits per heavy atom. The summed E-state index contributed by atoms with van der Waals surface area (Å²) in [6.07, 6.45) is 0.927. The number of hydrogen-bond donors (Lipinski definition) is 2. The lowest BCUT2D eigenvalue weighted by Gasteiger charge is -2.17. The maximum absolute atomic E-state index is 4.91. The summed E-state index contributed by atoms with van der Waals surface area (Å²) < 4.78 is 2.18. The van der Waals surface area contributed by atoms with E-state index in [1.165, 1.54) is 11.1 Å². The van der Waals surface area contributed by atoms with Crippen LogP contribution in [0.15, 0.2) is 60.7 Å². The monoisotopic (exact) mass is 362 g/mol. The summed E-state index contributed by atoms with van der Waals surface area (Å²) in [5, 5.41) is 7.10. The highest BCUT2D eigenvalue weighted by Crippen LogP contribution is 2.28. The Balaban J connectivity index is 1.81. The van der Waals surface area contributed by atoms with Crippen molar-refractivity contribution >= 4 is 11.6 Å². The number of rotatable bonds is 7. The van der Waals surface area contributed by atoms with Crippen molar-refractivity contribution in [1.29, 1.82) is 0 Å². The number of hydrogen-bond acceptors (Lipinski definition) is 3. The van der Waals surface area contributed by atoms with Crippen LogP contribution in [0.2, 0.25) is 0 Å². The molecule has 0 spiro atoms. The van der Waals surface area contributed by atoms with Crippen molar-refractivity contribution in [2.75, 3.05) is 10.6 Å². The third-order valence-corrected chi connectivity index (χ3v) is 4.48. The highest BCUT2D eigenvalue weighted by atomic mass is 15.2. The Kier molecular flexibility index (Phi) is 5.84. The molecular formula is C23H30N4. The molecule has 4 nitrogen and oxygen atoms in total. The van der Waals surface area contributed by atoms with Crippen LogP contribution in [0, 0.1) is 5.41 Å². The predicted molar refractivity (Wildman–Crippen MR) is 114 cm³/mol. The van der Waals surface area contributed by atoms with Crippen molar-refractivity contribution < 1.29 is 0 Å². The standard InChI is InChI=1S/C23H30N4/c1-23(2,3)15-20-26-21(24-16-18-11-7-5-8-12-18)22(27(20)4)25-17-19-13-9-6-10-14-19/h5-14,24-25H,15-17H2,1-4H3. The van der Waals surface area contributed by atoms with Gasteiger partial charge in [0.1, 0.15) is 5.82 Å². The smallest absolute Gasteiger partial charge is 0.169 e. The van der Waals surface area contributed by atoms with E-state index in [9.17, 15) is 0 Å². The van der Waals surface area contributed by atoms with Gasteiger partial charge in [0, 0.05) is 26.6 Å². The van der Waals surface area contributed by atoms with Crippen molar-refractivity contribution in [3.05, 3.63) is 77.6 Å². The highest BCUT2D eigenvalue weighted by molar-refractivity contribution is 5.62. The fraction of sp³-hybridized carbons (Fsp3) is 0.348. The molecule has 0 amide bonds. The molecule has 1 aromatic heterocycles. The second-order valence-electron chi connectivity index (χ2n) is 8.20. The average Bonchev–Trinajstić information content (AvgIpc) is 2.93. The van der Waals surface area contributed by atoms with Crippen LogP contribution in [0.4, 0.5) is 11.6 Å². The topological polar surface area (TPSA) is 41.9 Å². The Morgan fingerprint density at radius 2 is 1.33 bits per heavy atom. The fourth-order valence-corrected chi connectivity index (χ4v) is 3.07. The minimum absolute atomic E-state index is 0.187. The molecule has 142 valence electrons. The molecule has 27 heavy (non-hydrogen) atoms. The number of imidazole rings is 1. The molecule has 0 radical (unpaired) electrons. The van der Waals surface area contributed by atoms with Gasteiger partial charge in [0.2, 0.25) is 0 Å². The van der Waals surface area contributed by atoms with Crippen LogP contribution < -0.4 is 10.6 Å². The van der Waals surface area contributed by atoms with Crippen molar-refractivity contribution in [3.63, 3.8) is 0 Å². The van der Waals surface area contributed by atoms with Gasteiger partial charge in [-0.1, -0.05) is 81.4 Å². The highest BCUT2D eigenvalue weighted by Gasteiger charge is 2.20. The molecule has 3 rings (SSSR count). The lowest BCUT2D eigenvalue weighted by atomic mass is 9.92. The zero-order valence-corrected chi connectivity index (χ0v) is 16.8. The van der Waals surface area contributed by atoms with E-state index in [0.29, 0.717) is 0 Å². The van der Waals surface area contributed by atoms with Crippen LogP contribution in [0.25, 0.3) is 0 Å². The fourth-order valence-electron chi connectivity index (χ4n) is 3.07. The molecule has 0 aliphatic heterocycles. The van der Waals surface area contributed by atoms with E-state index in [0.717, 1.165) is 37.0 Å². The van der Waals surface area contributed by atoms with Gasteiger partial charge in [-0.25, -0.2) is 4.98 Å². The molecule has 1 heterocycles. The van der Waals surface area contributed by atoms with E-state index in [-0.39, 0.29) is 5.41 Å². The molecule has 0 saturated carbocycles. The Hall–Kier alpha value is -2.75. The molecule has 0 bridgehead atoms. The zero-order valence-electron chi connectivity index (χ0n) is 16.8. The summed E-state index contributed by atoms with van der Waals surface area (Å²) in [5.74, 6) is 3.04. The van der Waals surface area contributed by atoms with E-state index in [1.54, 1.807) is 0 Å². The quantitative estimate of drug-likeness (QED) is 0.604. The summed E-state index contributed by atoms with van der Waals surface area (Å²) in [6, 6.07) is 20.9. The first-order valence-corrected chi connectivity index (χ1v) is 9.53. The second-order valence-corrected chi connectivity index (χ2v) is 8.20. The van der Waals surface area contributed by atoms with E-state index < -0.39 is 0 Å². The van der Waals surface area contributed by atoms with Gasteiger partial charge in [-0.05, 0) is 16.5 Å². The van der Waals surface area contributed by atoms with Crippen molar-refractivity contribution in [2.45, 2.75) is 40.3 Å². The lowest BCUT2D eigenvalue weighted by Crippen LogP contribution is -2.14. The van der Waals surface area contributed by atoms with E-state index >= 15 is 0 Å². The van der Waals surface area contributed by atoms with Gasteiger partial charge in [-0.2, -0.15) is 0 Å². The Bertz CT molecular complexity index is 845. The average molecular weight is 363 g/mol. The van der Waals surface area contributed by atoms with Crippen LogP contribution in [0.5, 0.6) is 0 Å². The van der Waals surface area contributed by atoms with Gasteiger partial charge < -0.3 is 15.2 Å². The van der Waals surface area contributed by atoms with E-state index in [2.05, 4.69) is 91.6 Å². The molecule has 2 aromatic carbocycles. The van der Waals surface area contributed by atoms with Gasteiger partial charge >= 0.3 is 0 Å². The molecule has 0 aliphatic carbocycles. The summed E-state index contributed by atoms with van der Waals surface area (Å²) in [6.45, 7) is 8.27. The Labute approximate surface area is 162 Å². The van der Waals surface area contributed by atoms with Gasteiger partial charge in [-0.3, -0.25) is 0 Å². The molecule has 0 aliphatic rings. The SMILES string of the molecule is Cn1c(CC(C)(C)C)nc(NCc2ccccc2)c1NCc1ccccc1. The summed E-state index contributed by atoms with van der Waals surface area (Å²) in [5.41, 5.74) is 2.69. The van der Waals surface area contributed by atoms with Crippen LogP contribution in [0.3, 0.4) is 0 Å². The van der Waals surface area contributed by atoms with Crippen LogP contribution >= 0.6 is 0 Å². The molecule has 0 atom stereocenters. The predicted octanol–water partition coefficient (Wildman–Crippen LogP) is 5.23. The Morgan fingerprint density at radius 3 is 1.85 bits per heavy atom. The second kappa shape index (κ2) is 8.30. The van der Waals surface area contributed by atoms with Gasteiger partial charge in [0.15, 0.2) is 11.6 Å². The number of nitrogens with zero attached hydrogens (tertiary/aromatic N) is 2. The zero-order chi connectivity index (χ0) is 19.3. The molecular weight excluding hydrogens is 332 g/mol. The van der Waals surface area contributed by atoms with Crippen molar-refractivity contribution in [2.24, 2.45) is 12.5 Å². The largest absolute Gasteiger partial charge is 0.364 e. The number of nitrogens with one attached hydrogen (secondary N) is 2. The third kappa shape index (κ3) is 5.36. The van der Waals surface area contributed by atoms with Crippen LogP contribution in [-0.2, 0) is 26.6 Å². The first kappa shape index (κ1) is 19.0. The summed E-state index contributed by atoms with van der Waals surface area (Å²) in [7, 11) is 2.09. The number of benzene rings is 2. The minimum atomic E-state index is 0.187. The molecule has 0 saturated heterocycles.